The summed E-state index contributed by atoms with van der Waals surface area (Å²) in [5.41, 5.74) is 10.5. The Morgan fingerprint density at radius 1 is 1.40 bits per heavy atom. The normalized spacial score (nSPS) is 13.3. The molecule has 1 unspecified atom stereocenters. The van der Waals surface area contributed by atoms with Gasteiger partial charge in [-0.2, -0.15) is 0 Å². The van der Waals surface area contributed by atoms with Crippen molar-refractivity contribution >= 4 is 6.03 Å². The molecule has 0 rings (SSSR count). The third kappa shape index (κ3) is 2.23. The molecule has 0 saturated heterocycles. The Bertz CT molecular complexity index is 114. The van der Waals surface area contributed by atoms with E-state index in [4.69, 9.17) is 11.5 Å². The molecule has 0 aromatic carbocycles. The lowest BCUT2D eigenvalue weighted by molar-refractivity contribution is 0.170. The number of rotatable bonds is 2. The molecule has 0 aromatic rings. The van der Waals surface area contributed by atoms with Crippen LogP contribution in [-0.2, 0) is 0 Å². The van der Waals surface area contributed by atoms with Gasteiger partial charge in [0.25, 0.3) is 0 Å². The average Bonchev–Trinajstić information content (AvgIpc) is 1.59. The van der Waals surface area contributed by atoms with Crippen molar-refractivity contribution in [2.75, 3.05) is 0 Å². The SMILES string of the molecule is CC(C)N(C(N)=O)C(C)N. The van der Waals surface area contributed by atoms with Gasteiger partial charge >= 0.3 is 6.03 Å². The Hall–Kier alpha value is -0.770. The molecule has 0 aromatic heterocycles. The van der Waals surface area contributed by atoms with Gasteiger partial charge in [0.05, 0.1) is 6.17 Å². The minimum atomic E-state index is -0.468. The summed E-state index contributed by atoms with van der Waals surface area (Å²) in [6.45, 7) is 5.47. The minimum Gasteiger partial charge on any atom is -0.351 e. The van der Waals surface area contributed by atoms with Gasteiger partial charge in [0, 0.05) is 6.04 Å². The maximum atomic E-state index is 10.7. The van der Waals surface area contributed by atoms with Crippen LogP contribution in [0, 0.1) is 0 Å². The van der Waals surface area contributed by atoms with Crippen molar-refractivity contribution in [3.8, 4) is 0 Å². The van der Waals surface area contributed by atoms with Gasteiger partial charge in [-0.25, -0.2) is 4.79 Å². The van der Waals surface area contributed by atoms with E-state index in [9.17, 15) is 4.79 Å². The van der Waals surface area contributed by atoms with E-state index < -0.39 is 6.03 Å². The first-order valence-corrected chi connectivity index (χ1v) is 3.30. The summed E-state index contributed by atoms with van der Waals surface area (Å²) in [5, 5.41) is 0. The molecule has 0 aliphatic rings. The number of hydrogen-bond donors (Lipinski definition) is 2. The van der Waals surface area contributed by atoms with E-state index in [1.807, 2.05) is 13.8 Å². The maximum Gasteiger partial charge on any atom is 0.316 e. The quantitative estimate of drug-likeness (QED) is 0.540. The predicted molar refractivity (Wildman–Crippen MR) is 40.2 cm³/mol. The number of hydrogen-bond acceptors (Lipinski definition) is 2. The van der Waals surface area contributed by atoms with Crippen molar-refractivity contribution in [2.24, 2.45) is 11.5 Å². The number of nitrogens with zero attached hydrogens (tertiary/aromatic N) is 1. The lowest BCUT2D eigenvalue weighted by atomic mass is 10.3. The topological polar surface area (TPSA) is 72.3 Å². The monoisotopic (exact) mass is 145 g/mol. The second-order valence-corrected chi connectivity index (χ2v) is 2.58. The molecule has 0 aliphatic heterocycles. The van der Waals surface area contributed by atoms with E-state index in [2.05, 4.69) is 0 Å². The highest BCUT2D eigenvalue weighted by Gasteiger charge is 2.16. The summed E-state index contributed by atoms with van der Waals surface area (Å²) in [6, 6.07) is -0.400. The molecule has 0 bridgehead atoms. The lowest BCUT2D eigenvalue weighted by Crippen LogP contribution is -2.50. The number of nitrogens with two attached hydrogens (primary N) is 2. The van der Waals surface area contributed by atoms with Crippen LogP contribution in [0.2, 0.25) is 0 Å². The summed E-state index contributed by atoms with van der Waals surface area (Å²) >= 11 is 0. The maximum absolute atomic E-state index is 10.7. The molecule has 10 heavy (non-hydrogen) atoms. The summed E-state index contributed by atoms with van der Waals surface area (Å²) in [4.78, 5) is 12.1. The number of urea groups is 1. The van der Waals surface area contributed by atoms with Gasteiger partial charge in [0.15, 0.2) is 0 Å². The predicted octanol–water partition coefficient (Wildman–Crippen LogP) is 0.0802. The number of carbonyl (C=O) groups excluding carboxylic acids is 1. The Morgan fingerprint density at radius 3 is 1.80 bits per heavy atom. The molecule has 0 spiro atoms. The Kier molecular flexibility index (Phi) is 3.15. The molecule has 2 amide bonds. The highest BCUT2D eigenvalue weighted by molar-refractivity contribution is 5.72. The van der Waals surface area contributed by atoms with Crippen molar-refractivity contribution in [1.29, 1.82) is 0 Å². The van der Waals surface area contributed by atoms with E-state index in [0.717, 1.165) is 0 Å². The third-order valence-corrected chi connectivity index (χ3v) is 1.25. The Balaban J connectivity index is 4.12. The second kappa shape index (κ2) is 3.41. The Labute approximate surface area is 61.2 Å². The van der Waals surface area contributed by atoms with Gasteiger partial charge in [-0.15, -0.1) is 0 Å². The zero-order chi connectivity index (χ0) is 8.31. The van der Waals surface area contributed by atoms with E-state index in [1.54, 1.807) is 6.92 Å². The van der Waals surface area contributed by atoms with Crippen LogP contribution in [0.5, 0.6) is 0 Å². The summed E-state index contributed by atoms with van der Waals surface area (Å²) in [5.74, 6) is 0. The third-order valence-electron chi connectivity index (χ3n) is 1.25. The van der Waals surface area contributed by atoms with Crippen LogP contribution < -0.4 is 11.5 Å². The van der Waals surface area contributed by atoms with Crippen molar-refractivity contribution in [3.05, 3.63) is 0 Å². The van der Waals surface area contributed by atoms with Crippen LogP contribution >= 0.6 is 0 Å². The molecule has 0 aliphatic carbocycles. The van der Waals surface area contributed by atoms with E-state index >= 15 is 0 Å². The van der Waals surface area contributed by atoms with Crippen molar-refractivity contribution in [3.63, 3.8) is 0 Å². The molecule has 0 fully saturated rings. The molecule has 0 heterocycles. The van der Waals surface area contributed by atoms with Gasteiger partial charge in [-0.3, -0.25) is 0 Å². The first-order chi connectivity index (χ1) is 4.46. The van der Waals surface area contributed by atoms with Crippen LogP contribution in [0.1, 0.15) is 20.8 Å². The van der Waals surface area contributed by atoms with Gasteiger partial charge in [-0.1, -0.05) is 0 Å². The van der Waals surface area contributed by atoms with Gasteiger partial charge in [0.1, 0.15) is 0 Å². The lowest BCUT2D eigenvalue weighted by Gasteiger charge is -2.28. The molecule has 0 radical (unpaired) electrons. The van der Waals surface area contributed by atoms with Gasteiger partial charge in [-0.05, 0) is 20.8 Å². The van der Waals surface area contributed by atoms with E-state index in [0.29, 0.717) is 0 Å². The van der Waals surface area contributed by atoms with E-state index in [-0.39, 0.29) is 12.2 Å². The number of amides is 2. The molecular formula is C6H15N3O. The summed E-state index contributed by atoms with van der Waals surface area (Å²) in [6.07, 6.45) is -0.308. The minimum absolute atomic E-state index is 0.0671. The van der Waals surface area contributed by atoms with Crippen LogP contribution in [0.3, 0.4) is 0 Å². The largest absolute Gasteiger partial charge is 0.351 e. The highest BCUT2D eigenvalue weighted by atomic mass is 16.2. The zero-order valence-electron chi connectivity index (χ0n) is 6.66. The number of carbonyl (C=O) groups is 1. The molecule has 60 valence electrons. The Morgan fingerprint density at radius 2 is 1.80 bits per heavy atom. The standard InChI is InChI=1S/C6H15N3O/c1-4(2)9(5(3)7)6(8)10/h4-5H,7H2,1-3H3,(H2,8,10). The molecule has 1 atom stereocenters. The van der Waals surface area contributed by atoms with Crippen molar-refractivity contribution in [2.45, 2.75) is 33.0 Å². The fourth-order valence-corrected chi connectivity index (χ4v) is 0.925. The number of primary amides is 1. The van der Waals surface area contributed by atoms with Crippen LogP contribution in [-0.4, -0.2) is 23.1 Å². The van der Waals surface area contributed by atoms with Gasteiger partial charge < -0.3 is 16.4 Å². The molecule has 4 nitrogen and oxygen atoms in total. The van der Waals surface area contributed by atoms with Gasteiger partial charge in [0.2, 0.25) is 0 Å². The fourth-order valence-electron chi connectivity index (χ4n) is 0.925. The van der Waals surface area contributed by atoms with Crippen LogP contribution in [0.15, 0.2) is 0 Å². The average molecular weight is 145 g/mol. The second-order valence-electron chi connectivity index (χ2n) is 2.58. The summed E-state index contributed by atoms with van der Waals surface area (Å²) in [7, 11) is 0. The zero-order valence-corrected chi connectivity index (χ0v) is 6.66. The van der Waals surface area contributed by atoms with Crippen molar-refractivity contribution in [1.82, 2.24) is 4.90 Å². The molecule has 0 saturated carbocycles. The smallest absolute Gasteiger partial charge is 0.316 e. The first-order valence-electron chi connectivity index (χ1n) is 3.30. The molecule has 4 N–H and O–H groups in total. The highest BCUT2D eigenvalue weighted by Crippen LogP contribution is 1.99. The van der Waals surface area contributed by atoms with E-state index in [1.165, 1.54) is 4.90 Å². The molecule has 4 heteroatoms. The van der Waals surface area contributed by atoms with Crippen LogP contribution in [0.4, 0.5) is 4.79 Å². The summed E-state index contributed by atoms with van der Waals surface area (Å²) < 4.78 is 0. The molecular weight excluding hydrogens is 130 g/mol. The van der Waals surface area contributed by atoms with Crippen LogP contribution in [0.25, 0.3) is 0 Å². The van der Waals surface area contributed by atoms with Crippen molar-refractivity contribution < 1.29 is 4.79 Å². The fraction of sp³-hybridized carbons (Fsp3) is 0.833. The first kappa shape index (κ1) is 9.23.